The molecule has 2 aromatic rings. The van der Waals surface area contributed by atoms with Gasteiger partial charge in [-0.15, -0.1) is 0 Å². The summed E-state index contributed by atoms with van der Waals surface area (Å²) in [7, 11) is 4.00. The van der Waals surface area contributed by atoms with Crippen molar-refractivity contribution in [1.82, 2.24) is 15.2 Å². The van der Waals surface area contributed by atoms with Gasteiger partial charge in [0.05, 0.1) is 6.04 Å². The average Bonchev–Trinajstić information content (AvgIpc) is 2.48. The molecule has 22 heavy (non-hydrogen) atoms. The Morgan fingerprint density at radius 2 is 2.14 bits per heavy atom. The normalized spacial score (nSPS) is 12.0. The highest BCUT2D eigenvalue weighted by Crippen LogP contribution is 2.16. The first-order chi connectivity index (χ1) is 10.6. The fourth-order valence-corrected chi connectivity index (χ4v) is 2.30. The van der Waals surface area contributed by atoms with Gasteiger partial charge in [0.1, 0.15) is 5.82 Å². The number of rotatable bonds is 5. The van der Waals surface area contributed by atoms with Crippen molar-refractivity contribution in [2.45, 2.75) is 6.04 Å². The Morgan fingerprint density at radius 1 is 1.32 bits per heavy atom. The average molecular weight is 318 g/mol. The number of nitrogens with one attached hydrogen (secondary N) is 2. The first-order valence-electron chi connectivity index (χ1n) is 6.93. The number of aromatic nitrogens is 1. The highest BCUT2D eigenvalue weighted by Gasteiger charge is 2.14. The highest BCUT2D eigenvalue weighted by atomic mass is 32.1. The van der Waals surface area contributed by atoms with Crippen LogP contribution in [0.15, 0.2) is 48.8 Å². The zero-order chi connectivity index (χ0) is 15.9. The number of pyridine rings is 1. The zero-order valence-corrected chi connectivity index (χ0v) is 13.4. The summed E-state index contributed by atoms with van der Waals surface area (Å²) in [5.74, 6) is -0.297. The molecule has 0 spiro atoms. The van der Waals surface area contributed by atoms with Crippen molar-refractivity contribution < 1.29 is 4.39 Å². The topological polar surface area (TPSA) is 40.2 Å². The van der Waals surface area contributed by atoms with E-state index in [4.69, 9.17) is 12.2 Å². The summed E-state index contributed by atoms with van der Waals surface area (Å²) in [5, 5.41) is 6.59. The third-order valence-electron chi connectivity index (χ3n) is 3.23. The summed E-state index contributed by atoms with van der Waals surface area (Å²) < 4.78 is 13.1. The fourth-order valence-electron chi connectivity index (χ4n) is 2.10. The number of halogens is 1. The summed E-state index contributed by atoms with van der Waals surface area (Å²) >= 11 is 5.26. The van der Waals surface area contributed by atoms with Crippen molar-refractivity contribution in [2.24, 2.45) is 0 Å². The monoisotopic (exact) mass is 318 g/mol. The summed E-state index contributed by atoms with van der Waals surface area (Å²) in [6.07, 6.45) is 3.59. The first kappa shape index (κ1) is 16.3. The minimum Gasteiger partial charge on any atom is -0.361 e. The molecule has 2 N–H and O–H groups in total. The maximum Gasteiger partial charge on any atom is 0.170 e. The zero-order valence-electron chi connectivity index (χ0n) is 12.6. The summed E-state index contributed by atoms with van der Waals surface area (Å²) in [5.41, 5.74) is 1.73. The molecule has 1 atom stereocenters. The predicted octanol–water partition coefficient (Wildman–Crippen LogP) is 2.81. The Bertz CT molecular complexity index is 619. The molecule has 0 aliphatic heterocycles. The molecular formula is C16H19FN4S. The Kier molecular flexibility index (Phi) is 5.80. The number of benzene rings is 1. The van der Waals surface area contributed by atoms with Crippen LogP contribution in [-0.2, 0) is 0 Å². The number of anilines is 1. The molecule has 0 bridgehead atoms. The number of likely N-dealkylation sites (N-methyl/N-ethyl adjacent to an activating group) is 1. The Morgan fingerprint density at radius 3 is 2.77 bits per heavy atom. The Balaban J connectivity index is 1.94. The van der Waals surface area contributed by atoms with E-state index in [2.05, 4.69) is 20.5 Å². The lowest BCUT2D eigenvalue weighted by Gasteiger charge is -2.25. The number of hydrogen-bond donors (Lipinski definition) is 2. The van der Waals surface area contributed by atoms with E-state index in [0.29, 0.717) is 17.3 Å². The molecule has 1 aromatic heterocycles. The number of thiocarbonyl (C=S) groups is 1. The van der Waals surface area contributed by atoms with Gasteiger partial charge in [0, 0.05) is 24.6 Å². The van der Waals surface area contributed by atoms with E-state index >= 15 is 0 Å². The third-order valence-corrected chi connectivity index (χ3v) is 3.48. The van der Waals surface area contributed by atoms with E-state index in [-0.39, 0.29) is 11.9 Å². The smallest absolute Gasteiger partial charge is 0.170 e. The van der Waals surface area contributed by atoms with Gasteiger partial charge in [-0.1, -0.05) is 12.1 Å². The molecule has 0 unspecified atom stereocenters. The van der Waals surface area contributed by atoms with Crippen LogP contribution < -0.4 is 10.6 Å². The van der Waals surface area contributed by atoms with Crippen molar-refractivity contribution in [3.8, 4) is 0 Å². The van der Waals surface area contributed by atoms with Crippen LogP contribution in [0.25, 0.3) is 0 Å². The van der Waals surface area contributed by atoms with Gasteiger partial charge in [-0.3, -0.25) is 4.98 Å². The van der Waals surface area contributed by atoms with Crippen LogP contribution in [-0.4, -0.2) is 35.6 Å². The van der Waals surface area contributed by atoms with Gasteiger partial charge in [-0.2, -0.15) is 0 Å². The van der Waals surface area contributed by atoms with Crippen LogP contribution in [0, 0.1) is 5.82 Å². The molecule has 1 aromatic carbocycles. The van der Waals surface area contributed by atoms with Crippen molar-refractivity contribution in [3.63, 3.8) is 0 Å². The fraction of sp³-hybridized carbons (Fsp3) is 0.250. The van der Waals surface area contributed by atoms with Crippen LogP contribution in [0.4, 0.5) is 10.1 Å². The molecule has 6 heteroatoms. The molecular weight excluding hydrogens is 299 g/mol. The van der Waals surface area contributed by atoms with Gasteiger partial charge in [-0.05, 0) is 56.1 Å². The molecule has 0 aliphatic rings. The molecule has 0 aliphatic carbocycles. The van der Waals surface area contributed by atoms with E-state index in [1.165, 1.54) is 12.1 Å². The van der Waals surface area contributed by atoms with E-state index in [0.717, 1.165) is 5.56 Å². The third kappa shape index (κ3) is 4.75. The van der Waals surface area contributed by atoms with Gasteiger partial charge in [0.15, 0.2) is 5.11 Å². The van der Waals surface area contributed by atoms with Crippen molar-refractivity contribution >= 4 is 23.0 Å². The Hall–Kier alpha value is -2.05. The van der Waals surface area contributed by atoms with Crippen LogP contribution in [0.2, 0.25) is 0 Å². The second kappa shape index (κ2) is 7.82. The van der Waals surface area contributed by atoms with Gasteiger partial charge >= 0.3 is 0 Å². The molecule has 0 saturated carbocycles. The summed E-state index contributed by atoms with van der Waals surface area (Å²) in [4.78, 5) is 6.24. The minimum absolute atomic E-state index is 0.140. The van der Waals surface area contributed by atoms with Crippen LogP contribution in [0.5, 0.6) is 0 Å². The molecule has 2 rings (SSSR count). The lowest BCUT2D eigenvalue weighted by Crippen LogP contribution is -2.36. The first-order valence-corrected chi connectivity index (χ1v) is 7.34. The van der Waals surface area contributed by atoms with E-state index in [1.807, 2.05) is 32.4 Å². The van der Waals surface area contributed by atoms with Crippen LogP contribution in [0.1, 0.15) is 11.6 Å². The lowest BCUT2D eigenvalue weighted by atomic mass is 10.1. The predicted molar refractivity (Wildman–Crippen MR) is 91.3 cm³/mol. The van der Waals surface area contributed by atoms with Crippen molar-refractivity contribution in [1.29, 1.82) is 0 Å². The molecule has 4 nitrogen and oxygen atoms in total. The van der Waals surface area contributed by atoms with Crippen LogP contribution in [0.3, 0.4) is 0 Å². The van der Waals surface area contributed by atoms with Crippen molar-refractivity contribution in [2.75, 3.05) is 26.0 Å². The van der Waals surface area contributed by atoms with E-state index < -0.39 is 0 Å². The van der Waals surface area contributed by atoms with Crippen molar-refractivity contribution in [3.05, 3.63) is 60.2 Å². The minimum atomic E-state index is -0.297. The maximum absolute atomic E-state index is 13.1. The second-order valence-electron chi connectivity index (χ2n) is 5.11. The quantitative estimate of drug-likeness (QED) is 0.830. The number of hydrogen-bond acceptors (Lipinski definition) is 3. The standard InChI is InChI=1S/C16H19FN4S/c1-21(2)15(12-5-4-8-18-10-12)11-19-16(22)20-14-7-3-6-13(17)9-14/h3-10,15H,11H2,1-2H3,(H2,19,20,22)/t15-/m0/s1. The van der Waals surface area contributed by atoms with Gasteiger partial charge < -0.3 is 15.5 Å². The molecule has 0 radical (unpaired) electrons. The van der Waals surface area contributed by atoms with E-state index in [1.54, 1.807) is 18.3 Å². The summed E-state index contributed by atoms with van der Waals surface area (Å²) in [6.45, 7) is 0.625. The molecule has 0 amide bonds. The lowest BCUT2D eigenvalue weighted by molar-refractivity contribution is 0.298. The number of nitrogens with zero attached hydrogens (tertiary/aromatic N) is 2. The maximum atomic E-state index is 13.1. The SMILES string of the molecule is CN(C)[C@@H](CNC(=S)Nc1cccc(F)c1)c1cccnc1. The van der Waals surface area contributed by atoms with Gasteiger partial charge in [-0.25, -0.2) is 4.39 Å². The molecule has 116 valence electrons. The molecule has 0 saturated heterocycles. The van der Waals surface area contributed by atoms with Gasteiger partial charge in [0.2, 0.25) is 0 Å². The molecule has 0 fully saturated rings. The van der Waals surface area contributed by atoms with Crippen LogP contribution >= 0.6 is 12.2 Å². The second-order valence-corrected chi connectivity index (χ2v) is 5.52. The van der Waals surface area contributed by atoms with Gasteiger partial charge in [0.25, 0.3) is 0 Å². The van der Waals surface area contributed by atoms with E-state index in [9.17, 15) is 4.39 Å². The molecule has 1 heterocycles. The largest absolute Gasteiger partial charge is 0.361 e. The Labute approximate surface area is 135 Å². The highest BCUT2D eigenvalue weighted by molar-refractivity contribution is 7.80. The summed E-state index contributed by atoms with van der Waals surface area (Å²) in [6, 6.07) is 10.3.